The van der Waals surface area contributed by atoms with Gasteiger partial charge in [-0.25, -0.2) is 9.78 Å². The third-order valence-corrected chi connectivity index (χ3v) is 4.07. The summed E-state index contributed by atoms with van der Waals surface area (Å²) in [6.45, 7) is 0.429. The van der Waals surface area contributed by atoms with Gasteiger partial charge in [0.15, 0.2) is 5.13 Å². The van der Waals surface area contributed by atoms with E-state index in [2.05, 4.69) is 9.72 Å². The highest BCUT2D eigenvalue weighted by molar-refractivity contribution is 7.17. The van der Waals surface area contributed by atoms with Gasteiger partial charge in [-0.1, -0.05) is 11.3 Å². The number of hydrogen-bond acceptors (Lipinski definition) is 5. The largest absolute Gasteiger partial charge is 0.465 e. The maximum atomic E-state index is 12.7. The summed E-state index contributed by atoms with van der Waals surface area (Å²) in [4.78, 5) is 17.2. The standard InChI is InChI=1S/C11H13F3N2O2S/c1-18-9(17)8-5-15-10(19-8)16-4-2-3-7(6-16)11(12,13)14/h5,7H,2-4,6H2,1H3. The van der Waals surface area contributed by atoms with Crippen molar-refractivity contribution in [3.05, 3.63) is 11.1 Å². The van der Waals surface area contributed by atoms with Gasteiger partial charge in [0.25, 0.3) is 0 Å². The normalized spacial score (nSPS) is 20.4. The number of methoxy groups -OCH3 is 1. The van der Waals surface area contributed by atoms with Gasteiger partial charge < -0.3 is 9.64 Å². The van der Waals surface area contributed by atoms with E-state index in [4.69, 9.17) is 0 Å². The van der Waals surface area contributed by atoms with Crippen LogP contribution in [0.25, 0.3) is 0 Å². The fraction of sp³-hybridized carbons (Fsp3) is 0.636. The number of aromatic nitrogens is 1. The van der Waals surface area contributed by atoms with Crippen LogP contribution >= 0.6 is 11.3 Å². The molecule has 106 valence electrons. The van der Waals surface area contributed by atoms with Crippen molar-refractivity contribution in [2.45, 2.75) is 19.0 Å². The molecule has 0 aromatic carbocycles. The van der Waals surface area contributed by atoms with Crippen LogP contribution < -0.4 is 4.90 Å². The number of carbonyl (C=O) groups is 1. The van der Waals surface area contributed by atoms with Crippen LogP contribution in [-0.2, 0) is 4.74 Å². The first kappa shape index (κ1) is 14.1. The molecule has 0 radical (unpaired) electrons. The van der Waals surface area contributed by atoms with Crippen molar-refractivity contribution >= 4 is 22.4 Å². The molecule has 2 heterocycles. The minimum Gasteiger partial charge on any atom is -0.465 e. The number of ether oxygens (including phenoxy) is 1. The van der Waals surface area contributed by atoms with E-state index in [1.807, 2.05) is 0 Å². The summed E-state index contributed by atoms with van der Waals surface area (Å²) in [5.41, 5.74) is 0. The maximum Gasteiger partial charge on any atom is 0.393 e. The number of alkyl halides is 3. The highest BCUT2D eigenvalue weighted by Gasteiger charge is 2.42. The van der Waals surface area contributed by atoms with E-state index in [1.165, 1.54) is 13.3 Å². The number of esters is 1. The van der Waals surface area contributed by atoms with Gasteiger partial charge in [0.05, 0.1) is 19.2 Å². The zero-order chi connectivity index (χ0) is 14.0. The Labute approximate surface area is 112 Å². The number of anilines is 1. The molecule has 1 saturated heterocycles. The van der Waals surface area contributed by atoms with Crippen molar-refractivity contribution in [2.75, 3.05) is 25.1 Å². The number of halogens is 3. The molecular formula is C11H13F3N2O2S. The summed E-state index contributed by atoms with van der Waals surface area (Å²) in [5, 5.41) is 0.439. The number of hydrogen-bond donors (Lipinski definition) is 0. The molecule has 0 saturated carbocycles. The van der Waals surface area contributed by atoms with Gasteiger partial charge >= 0.3 is 12.1 Å². The fourth-order valence-electron chi connectivity index (χ4n) is 2.02. The van der Waals surface area contributed by atoms with Crippen LogP contribution in [-0.4, -0.2) is 37.3 Å². The topological polar surface area (TPSA) is 42.4 Å². The van der Waals surface area contributed by atoms with Crippen LogP contribution in [0, 0.1) is 5.92 Å². The number of nitrogens with zero attached hydrogens (tertiary/aromatic N) is 2. The quantitative estimate of drug-likeness (QED) is 0.787. The molecule has 1 atom stereocenters. The molecule has 0 spiro atoms. The number of carbonyl (C=O) groups excluding carboxylic acids is 1. The molecule has 0 bridgehead atoms. The van der Waals surface area contributed by atoms with Gasteiger partial charge in [0.2, 0.25) is 0 Å². The smallest absolute Gasteiger partial charge is 0.393 e. The van der Waals surface area contributed by atoms with E-state index in [0.29, 0.717) is 23.0 Å². The van der Waals surface area contributed by atoms with Gasteiger partial charge in [-0.05, 0) is 12.8 Å². The number of rotatable bonds is 2. The lowest BCUT2D eigenvalue weighted by Crippen LogP contribution is -2.41. The Balaban J connectivity index is 2.09. The first-order valence-electron chi connectivity index (χ1n) is 5.77. The van der Waals surface area contributed by atoms with Gasteiger partial charge in [-0.15, -0.1) is 0 Å². The first-order chi connectivity index (χ1) is 8.91. The molecule has 1 unspecified atom stereocenters. The number of thiazole rings is 1. The second-order valence-corrected chi connectivity index (χ2v) is 5.33. The summed E-state index contributed by atoms with van der Waals surface area (Å²) >= 11 is 1.06. The van der Waals surface area contributed by atoms with Crippen molar-refractivity contribution in [1.82, 2.24) is 4.98 Å². The molecule has 19 heavy (non-hydrogen) atoms. The summed E-state index contributed by atoms with van der Waals surface area (Å²) in [7, 11) is 1.25. The Morgan fingerprint density at radius 1 is 1.58 bits per heavy atom. The summed E-state index contributed by atoms with van der Waals surface area (Å²) in [5.74, 6) is -1.85. The number of piperidine rings is 1. The van der Waals surface area contributed by atoms with Crippen LogP contribution in [0.2, 0.25) is 0 Å². The molecule has 1 fully saturated rings. The SMILES string of the molecule is COC(=O)c1cnc(N2CCCC(C(F)(F)F)C2)s1. The second-order valence-electron chi connectivity index (χ2n) is 4.33. The predicted molar refractivity (Wildman–Crippen MR) is 64.4 cm³/mol. The van der Waals surface area contributed by atoms with E-state index in [1.54, 1.807) is 4.90 Å². The van der Waals surface area contributed by atoms with Crippen molar-refractivity contribution < 1.29 is 22.7 Å². The third kappa shape index (κ3) is 3.17. The minimum atomic E-state index is -4.18. The minimum absolute atomic E-state index is 0.0996. The van der Waals surface area contributed by atoms with Crippen LogP contribution in [0.15, 0.2) is 6.20 Å². The second kappa shape index (κ2) is 5.36. The molecule has 1 aromatic heterocycles. The lowest BCUT2D eigenvalue weighted by molar-refractivity contribution is -0.175. The molecular weight excluding hydrogens is 281 g/mol. The van der Waals surface area contributed by atoms with Crippen molar-refractivity contribution in [3.63, 3.8) is 0 Å². The molecule has 4 nitrogen and oxygen atoms in total. The van der Waals surface area contributed by atoms with Crippen molar-refractivity contribution in [3.8, 4) is 0 Å². The summed E-state index contributed by atoms with van der Waals surface area (Å²) in [6, 6.07) is 0. The molecule has 1 aliphatic heterocycles. The third-order valence-electron chi connectivity index (χ3n) is 3.03. The van der Waals surface area contributed by atoms with Gasteiger partial charge in [0.1, 0.15) is 4.88 Å². The Morgan fingerprint density at radius 2 is 2.32 bits per heavy atom. The molecule has 1 aliphatic rings. The van der Waals surface area contributed by atoms with E-state index < -0.39 is 18.1 Å². The lowest BCUT2D eigenvalue weighted by atomic mass is 9.98. The summed E-state index contributed by atoms with van der Waals surface area (Å²) < 4.78 is 42.6. The van der Waals surface area contributed by atoms with Crippen LogP contribution in [0.4, 0.5) is 18.3 Å². The zero-order valence-electron chi connectivity index (χ0n) is 10.2. The Kier molecular flexibility index (Phi) is 3.98. The predicted octanol–water partition coefficient (Wildman–Crippen LogP) is 2.71. The fourth-order valence-corrected chi connectivity index (χ4v) is 2.89. The van der Waals surface area contributed by atoms with Crippen LogP contribution in [0.5, 0.6) is 0 Å². The highest BCUT2D eigenvalue weighted by atomic mass is 32.1. The van der Waals surface area contributed by atoms with E-state index >= 15 is 0 Å². The molecule has 0 N–H and O–H groups in total. The van der Waals surface area contributed by atoms with Crippen molar-refractivity contribution in [2.24, 2.45) is 5.92 Å². The maximum absolute atomic E-state index is 12.7. The van der Waals surface area contributed by atoms with E-state index in [0.717, 1.165) is 11.3 Å². The van der Waals surface area contributed by atoms with Gasteiger partial charge in [-0.2, -0.15) is 13.2 Å². The Bertz CT molecular complexity index is 461. The Hall–Kier alpha value is -1.31. The Morgan fingerprint density at radius 3 is 2.95 bits per heavy atom. The zero-order valence-corrected chi connectivity index (χ0v) is 11.1. The van der Waals surface area contributed by atoms with E-state index in [-0.39, 0.29) is 13.0 Å². The average Bonchev–Trinajstić information content (AvgIpc) is 2.86. The summed E-state index contributed by atoms with van der Waals surface area (Å²) in [6.07, 6.45) is -2.23. The molecule has 1 aromatic rings. The van der Waals surface area contributed by atoms with Crippen LogP contribution in [0.3, 0.4) is 0 Å². The van der Waals surface area contributed by atoms with Gasteiger partial charge in [0, 0.05) is 13.1 Å². The van der Waals surface area contributed by atoms with Crippen molar-refractivity contribution in [1.29, 1.82) is 0 Å². The van der Waals surface area contributed by atoms with Crippen LogP contribution in [0.1, 0.15) is 22.5 Å². The monoisotopic (exact) mass is 294 g/mol. The average molecular weight is 294 g/mol. The molecule has 8 heteroatoms. The molecule has 2 rings (SSSR count). The molecule has 0 amide bonds. The molecule has 0 aliphatic carbocycles. The van der Waals surface area contributed by atoms with E-state index in [9.17, 15) is 18.0 Å². The highest BCUT2D eigenvalue weighted by Crippen LogP contribution is 2.35. The first-order valence-corrected chi connectivity index (χ1v) is 6.59. The van der Waals surface area contributed by atoms with Gasteiger partial charge in [-0.3, -0.25) is 0 Å². The lowest BCUT2D eigenvalue weighted by Gasteiger charge is -2.33.